The molecule has 0 fully saturated rings. The van der Waals surface area contributed by atoms with Crippen LogP contribution >= 0.6 is 0 Å². The molecule has 1 amide bonds. The van der Waals surface area contributed by atoms with Crippen LogP contribution in [0.4, 0.5) is 5.88 Å². The normalized spacial score (nSPS) is 10.1. The molecule has 1 aromatic rings. The fourth-order valence-corrected chi connectivity index (χ4v) is 1.29. The Labute approximate surface area is 104 Å². The Morgan fingerprint density at radius 2 is 2.22 bits per heavy atom. The van der Waals surface area contributed by atoms with Crippen molar-refractivity contribution in [3.05, 3.63) is 17.9 Å². The molecule has 0 atom stereocenters. The zero-order valence-corrected chi connectivity index (χ0v) is 10.3. The first-order valence-corrected chi connectivity index (χ1v) is 5.34. The fourth-order valence-electron chi connectivity index (χ4n) is 1.29. The molecule has 0 saturated heterocycles. The first-order valence-electron chi connectivity index (χ1n) is 5.34. The van der Waals surface area contributed by atoms with E-state index in [1.807, 2.05) is 0 Å². The number of nitrogens with zero attached hydrogens (tertiary/aromatic N) is 1. The van der Waals surface area contributed by atoms with E-state index in [4.69, 9.17) is 14.3 Å². The molecule has 18 heavy (non-hydrogen) atoms. The average molecular weight is 256 g/mol. The number of likely N-dealkylation sites (N-methyl/N-ethyl adjacent to an activating group) is 1. The van der Waals surface area contributed by atoms with Gasteiger partial charge in [-0.2, -0.15) is 0 Å². The Morgan fingerprint density at radius 1 is 1.50 bits per heavy atom. The number of anilines is 1. The predicted octanol–water partition coefficient (Wildman–Crippen LogP) is 0.177. The number of carboxylic acid groups (broad SMARTS) is 1. The summed E-state index contributed by atoms with van der Waals surface area (Å²) in [5.74, 6) is -1.16. The van der Waals surface area contributed by atoms with Crippen LogP contribution in [-0.2, 0) is 9.53 Å². The third-order valence-corrected chi connectivity index (χ3v) is 2.19. The summed E-state index contributed by atoms with van der Waals surface area (Å²) < 4.78 is 9.85. The lowest BCUT2D eigenvalue weighted by Gasteiger charge is -2.15. The molecule has 2 N–H and O–H groups in total. The highest BCUT2D eigenvalue weighted by molar-refractivity contribution is 5.85. The molecule has 100 valence electrons. The average Bonchev–Trinajstić information content (AvgIpc) is 2.78. The van der Waals surface area contributed by atoms with E-state index < -0.39 is 5.97 Å². The Morgan fingerprint density at radius 3 is 2.78 bits per heavy atom. The minimum absolute atomic E-state index is 0.0796. The molecule has 0 aliphatic heterocycles. The van der Waals surface area contributed by atoms with Crippen LogP contribution in [0.5, 0.6) is 0 Å². The minimum atomic E-state index is -1.14. The third-order valence-electron chi connectivity index (χ3n) is 2.19. The number of carboxylic acids is 1. The molecule has 0 saturated carbocycles. The van der Waals surface area contributed by atoms with E-state index in [0.29, 0.717) is 19.0 Å². The number of carbonyl (C=O) groups excluding carboxylic acids is 1. The highest BCUT2D eigenvalue weighted by Crippen LogP contribution is 2.16. The van der Waals surface area contributed by atoms with E-state index in [1.165, 1.54) is 17.0 Å². The van der Waals surface area contributed by atoms with E-state index in [9.17, 15) is 9.59 Å². The largest absolute Gasteiger partial charge is 0.475 e. The zero-order valence-electron chi connectivity index (χ0n) is 10.3. The van der Waals surface area contributed by atoms with Gasteiger partial charge in [0.25, 0.3) is 0 Å². The SMILES string of the molecule is COCCNC(=O)CN(C)c1ccc(C(=O)O)o1. The van der Waals surface area contributed by atoms with Gasteiger partial charge >= 0.3 is 5.97 Å². The van der Waals surface area contributed by atoms with Crippen molar-refractivity contribution < 1.29 is 23.8 Å². The summed E-state index contributed by atoms with van der Waals surface area (Å²) in [6, 6.07) is 2.85. The quantitative estimate of drug-likeness (QED) is 0.676. The monoisotopic (exact) mass is 256 g/mol. The Balaban J connectivity index is 2.46. The summed E-state index contributed by atoms with van der Waals surface area (Å²) in [5.41, 5.74) is 0. The molecule has 0 bridgehead atoms. The van der Waals surface area contributed by atoms with Gasteiger partial charge in [-0.05, 0) is 6.07 Å². The van der Waals surface area contributed by atoms with Crippen LogP contribution in [0.25, 0.3) is 0 Å². The molecule has 0 aromatic carbocycles. The lowest BCUT2D eigenvalue weighted by molar-refractivity contribution is -0.119. The molecule has 0 radical (unpaired) electrons. The number of ether oxygens (including phenoxy) is 1. The van der Waals surface area contributed by atoms with Gasteiger partial charge < -0.3 is 24.5 Å². The number of carbonyl (C=O) groups is 2. The lowest BCUT2D eigenvalue weighted by atomic mass is 10.4. The number of hydrogen-bond donors (Lipinski definition) is 2. The van der Waals surface area contributed by atoms with Crippen molar-refractivity contribution in [2.75, 3.05) is 38.8 Å². The number of nitrogens with one attached hydrogen (secondary N) is 1. The molecule has 1 aromatic heterocycles. The van der Waals surface area contributed by atoms with Crippen LogP contribution in [0.2, 0.25) is 0 Å². The van der Waals surface area contributed by atoms with E-state index in [-0.39, 0.29) is 18.2 Å². The summed E-state index contributed by atoms with van der Waals surface area (Å²) in [5, 5.41) is 11.3. The highest BCUT2D eigenvalue weighted by atomic mass is 16.5. The van der Waals surface area contributed by atoms with Gasteiger partial charge in [-0.1, -0.05) is 0 Å². The number of methoxy groups -OCH3 is 1. The number of hydrogen-bond acceptors (Lipinski definition) is 5. The van der Waals surface area contributed by atoms with Crippen molar-refractivity contribution in [1.29, 1.82) is 0 Å². The number of amides is 1. The molecule has 0 unspecified atom stereocenters. The Hall–Kier alpha value is -2.02. The smallest absolute Gasteiger partial charge is 0.371 e. The Bertz CT molecular complexity index is 415. The maximum atomic E-state index is 11.5. The standard InChI is InChI=1S/C11H16N2O5/c1-13(7-9(14)12-5-6-17-2)10-4-3-8(18-10)11(15)16/h3-4H,5-7H2,1-2H3,(H,12,14)(H,15,16). The summed E-state index contributed by atoms with van der Waals surface area (Å²) in [6.07, 6.45) is 0. The summed E-state index contributed by atoms with van der Waals surface area (Å²) in [7, 11) is 3.19. The summed E-state index contributed by atoms with van der Waals surface area (Å²) >= 11 is 0. The predicted molar refractivity (Wildman–Crippen MR) is 63.8 cm³/mol. The van der Waals surface area contributed by atoms with Crippen LogP contribution in [-0.4, -0.2) is 50.8 Å². The van der Waals surface area contributed by atoms with Gasteiger partial charge in [0.05, 0.1) is 13.2 Å². The second kappa shape index (κ2) is 6.65. The van der Waals surface area contributed by atoms with Crippen LogP contribution in [0, 0.1) is 0 Å². The topological polar surface area (TPSA) is 92.0 Å². The minimum Gasteiger partial charge on any atom is -0.475 e. The van der Waals surface area contributed by atoms with Crippen LogP contribution in [0.1, 0.15) is 10.6 Å². The number of aromatic carboxylic acids is 1. The van der Waals surface area contributed by atoms with Crippen molar-refractivity contribution in [3.8, 4) is 0 Å². The molecule has 1 heterocycles. The van der Waals surface area contributed by atoms with Crippen LogP contribution in [0.3, 0.4) is 0 Å². The van der Waals surface area contributed by atoms with Gasteiger partial charge in [-0.15, -0.1) is 0 Å². The van der Waals surface area contributed by atoms with E-state index in [0.717, 1.165) is 0 Å². The van der Waals surface area contributed by atoms with Crippen molar-refractivity contribution in [1.82, 2.24) is 5.32 Å². The van der Waals surface area contributed by atoms with E-state index in [2.05, 4.69) is 5.32 Å². The molecule has 0 spiro atoms. The van der Waals surface area contributed by atoms with Crippen molar-refractivity contribution in [3.63, 3.8) is 0 Å². The van der Waals surface area contributed by atoms with Gasteiger partial charge in [0.2, 0.25) is 11.7 Å². The third kappa shape index (κ3) is 4.10. The highest BCUT2D eigenvalue weighted by Gasteiger charge is 2.13. The van der Waals surface area contributed by atoms with Gasteiger partial charge in [0.1, 0.15) is 0 Å². The molecule has 7 heteroatoms. The molecular formula is C11H16N2O5. The van der Waals surface area contributed by atoms with Gasteiger partial charge in [-0.25, -0.2) is 4.79 Å². The molecule has 0 aliphatic carbocycles. The number of rotatable bonds is 7. The van der Waals surface area contributed by atoms with Gasteiger partial charge in [0, 0.05) is 26.8 Å². The van der Waals surface area contributed by atoms with E-state index >= 15 is 0 Å². The zero-order chi connectivity index (χ0) is 13.5. The van der Waals surface area contributed by atoms with Gasteiger partial charge in [-0.3, -0.25) is 4.79 Å². The second-order valence-corrected chi connectivity index (χ2v) is 3.64. The molecule has 1 rings (SSSR count). The Kier molecular flexibility index (Phi) is 5.19. The summed E-state index contributed by atoms with van der Waals surface area (Å²) in [6.45, 7) is 0.956. The van der Waals surface area contributed by atoms with E-state index in [1.54, 1.807) is 14.2 Å². The first-order chi connectivity index (χ1) is 8.54. The first kappa shape index (κ1) is 14.0. The summed E-state index contributed by atoms with van der Waals surface area (Å²) in [4.78, 5) is 23.6. The van der Waals surface area contributed by atoms with Gasteiger partial charge in [0.15, 0.2) is 5.88 Å². The maximum absolute atomic E-state index is 11.5. The van der Waals surface area contributed by atoms with Crippen molar-refractivity contribution in [2.24, 2.45) is 0 Å². The molecular weight excluding hydrogens is 240 g/mol. The molecule has 0 aliphatic rings. The van der Waals surface area contributed by atoms with Crippen molar-refractivity contribution >= 4 is 17.8 Å². The lowest BCUT2D eigenvalue weighted by Crippen LogP contribution is -2.36. The number of furan rings is 1. The van der Waals surface area contributed by atoms with Crippen LogP contribution in [0.15, 0.2) is 16.5 Å². The van der Waals surface area contributed by atoms with Crippen LogP contribution < -0.4 is 10.2 Å². The molecule has 7 nitrogen and oxygen atoms in total. The second-order valence-electron chi connectivity index (χ2n) is 3.64. The van der Waals surface area contributed by atoms with Crippen molar-refractivity contribution in [2.45, 2.75) is 0 Å². The maximum Gasteiger partial charge on any atom is 0.371 e. The fraction of sp³-hybridized carbons (Fsp3) is 0.455.